The van der Waals surface area contributed by atoms with Gasteiger partial charge in [0.2, 0.25) is 10.0 Å². The average Bonchev–Trinajstić information content (AvgIpc) is 3.30. The standard InChI is InChI=1S/C28H40N4O7S/c1-5-36-12-13-37-14-15-38-16-17-39-28(33)26(18-20(2)3)32-40(34,35)23-8-6-22(7-9-23)19-25-27-24(10-11-29-25)30-21(4)31-27/h6-11,20,26,32H,5,12-19H2,1-4H3,(H,30,31)/t26-/m0/s1. The number of pyridine rings is 1. The minimum Gasteiger partial charge on any atom is -0.462 e. The van der Waals surface area contributed by atoms with Crippen LogP contribution in [-0.4, -0.2) is 81.6 Å². The molecule has 0 aliphatic rings. The normalized spacial score (nSPS) is 12.7. The van der Waals surface area contributed by atoms with E-state index in [-0.39, 0.29) is 24.0 Å². The predicted octanol–water partition coefficient (Wildman–Crippen LogP) is 3.16. The van der Waals surface area contributed by atoms with Gasteiger partial charge in [0.25, 0.3) is 0 Å². The van der Waals surface area contributed by atoms with E-state index in [0.717, 1.165) is 28.1 Å². The molecule has 3 rings (SSSR count). The fraction of sp³-hybridized carbons (Fsp3) is 0.536. The summed E-state index contributed by atoms with van der Waals surface area (Å²) in [5, 5.41) is 0. The number of carbonyl (C=O) groups is 1. The highest BCUT2D eigenvalue weighted by Crippen LogP contribution is 2.19. The maximum Gasteiger partial charge on any atom is 0.324 e. The molecule has 0 saturated carbocycles. The van der Waals surface area contributed by atoms with Crippen molar-refractivity contribution in [1.29, 1.82) is 0 Å². The summed E-state index contributed by atoms with van der Waals surface area (Å²) in [5.41, 5.74) is 3.42. The van der Waals surface area contributed by atoms with Gasteiger partial charge >= 0.3 is 5.97 Å². The first-order valence-corrected chi connectivity index (χ1v) is 15.0. The first kappa shape index (κ1) is 31.6. The SMILES string of the molecule is CCOCCOCCOCCOC(=O)[C@H](CC(C)C)NS(=O)(=O)c1ccc(Cc2nccc3nc(C)[nH]c23)cc1. The summed E-state index contributed by atoms with van der Waals surface area (Å²) in [5.74, 6) is 0.228. The van der Waals surface area contributed by atoms with Gasteiger partial charge in [-0.25, -0.2) is 13.4 Å². The molecule has 11 nitrogen and oxygen atoms in total. The number of rotatable bonds is 18. The van der Waals surface area contributed by atoms with Crippen molar-refractivity contribution in [2.45, 2.75) is 51.5 Å². The van der Waals surface area contributed by atoms with Gasteiger partial charge in [-0.3, -0.25) is 9.78 Å². The number of esters is 1. The van der Waals surface area contributed by atoms with E-state index in [9.17, 15) is 13.2 Å². The summed E-state index contributed by atoms with van der Waals surface area (Å²) in [4.78, 5) is 24.9. The largest absolute Gasteiger partial charge is 0.462 e. The molecule has 1 aromatic carbocycles. The molecule has 3 aromatic rings. The Hall–Kier alpha value is -2.90. The summed E-state index contributed by atoms with van der Waals surface area (Å²) >= 11 is 0. The summed E-state index contributed by atoms with van der Waals surface area (Å²) in [6.07, 6.45) is 2.51. The number of ether oxygens (including phenoxy) is 4. The van der Waals surface area contributed by atoms with Crippen LogP contribution < -0.4 is 4.72 Å². The van der Waals surface area contributed by atoms with Crippen molar-refractivity contribution in [3.05, 3.63) is 53.6 Å². The molecule has 2 heterocycles. The van der Waals surface area contributed by atoms with E-state index in [1.807, 2.05) is 33.8 Å². The lowest BCUT2D eigenvalue weighted by Gasteiger charge is -2.19. The first-order valence-electron chi connectivity index (χ1n) is 13.5. The maximum absolute atomic E-state index is 13.1. The number of fused-ring (bicyclic) bond motifs is 1. The Kier molecular flexibility index (Phi) is 12.5. The molecule has 0 radical (unpaired) electrons. The second-order valence-corrected chi connectivity index (χ2v) is 11.4. The van der Waals surface area contributed by atoms with E-state index >= 15 is 0 Å². The maximum atomic E-state index is 13.1. The van der Waals surface area contributed by atoms with Crippen LogP contribution in [0.2, 0.25) is 0 Å². The summed E-state index contributed by atoms with van der Waals surface area (Å²) in [6.45, 7) is 10.3. The van der Waals surface area contributed by atoms with Crippen molar-refractivity contribution in [2.75, 3.05) is 46.2 Å². The molecule has 2 aromatic heterocycles. The lowest BCUT2D eigenvalue weighted by Crippen LogP contribution is -2.43. The van der Waals surface area contributed by atoms with Crippen LogP contribution in [0.5, 0.6) is 0 Å². The smallest absolute Gasteiger partial charge is 0.324 e. The molecular weight excluding hydrogens is 536 g/mol. The lowest BCUT2D eigenvalue weighted by atomic mass is 10.1. The molecule has 0 spiro atoms. The highest BCUT2D eigenvalue weighted by atomic mass is 32.2. The van der Waals surface area contributed by atoms with Crippen LogP contribution in [-0.2, 0) is 40.2 Å². The fourth-order valence-corrected chi connectivity index (χ4v) is 5.23. The van der Waals surface area contributed by atoms with Crippen molar-refractivity contribution < 1.29 is 32.2 Å². The predicted molar refractivity (Wildman–Crippen MR) is 151 cm³/mol. The van der Waals surface area contributed by atoms with Gasteiger partial charge in [-0.2, -0.15) is 4.72 Å². The molecule has 0 amide bonds. The van der Waals surface area contributed by atoms with Crippen LogP contribution in [0, 0.1) is 12.8 Å². The van der Waals surface area contributed by atoms with Gasteiger partial charge < -0.3 is 23.9 Å². The molecular formula is C28H40N4O7S. The van der Waals surface area contributed by atoms with Crippen molar-refractivity contribution in [3.63, 3.8) is 0 Å². The molecule has 40 heavy (non-hydrogen) atoms. The molecule has 1 atom stereocenters. The number of H-pyrrole nitrogens is 1. The van der Waals surface area contributed by atoms with Crippen molar-refractivity contribution in [1.82, 2.24) is 19.7 Å². The zero-order valence-electron chi connectivity index (χ0n) is 23.6. The van der Waals surface area contributed by atoms with Gasteiger partial charge in [0.05, 0.1) is 54.7 Å². The Morgan fingerprint density at radius 1 is 0.975 bits per heavy atom. The topological polar surface area (TPSA) is 142 Å². The summed E-state index contributed by atoms with van der Waals surface area (Å²) in [6, 6.07) is 7.36. The monoisotopic (exact) mass is 576 g/mol. The third kappa shape index (κ3) is 9.93. The highest BCUT2D eigenvalue weighted by Gasteiger charge is 2.28. The Labute approximate surface area is 236 Å². The quantitative estimate of drug-likeness (QED) is 0.172. The van der Waals surface area contributed by atoms with Crippen molar-refractivity contribution >= 4 is 27.0 Å². The Morgan fingerprint density at radius 3 is 2.27 bits per heavy atom. The minimum atomic E-state index is -3.96. The molecule has 12 heteroatoms. The van der Waals surface area contributed by atoms with Gasteiger partial charge in [0.1, 0.15) is 18.5 Å². The highest BCUT2D eigenvalue weighted by molar-refractivity contribution is 7.89. The molecule has 0 unspecified atom stereocenters. The van der Waals surface area contributed by atoms with Crippen molar-refractivity contribution in [3.8, 4) is 0 Å². The van der Waals surface area contributed by atoms with Crippen LogP contribution >= 0.6 is 0 Å². The van der Waals surface area contributed by atoms with E-state index in [0.29, 0.717) is 45.9 Å². The van der Waals surface area contributed by atoms with E-state index in [2.05, 4.69) is 19.7 Å². The number of nitrogens with one attached hydrogen (secondary N) is 2. The van der Waals surface area contributed by atoms with Crippen LogP contribution in [0.3, 0.4) is 0 Å². The summed E-state index contributed by atoms with van der Waals surface area (Å²) in [7, 11) is -3.96. The Bertz CT molecular complexity index is 1310. The van der Waals surface area contributed by atoms with Crippen LogP contribution in [0.1, 0.15) is 44.3 Å². The van der Waals surface area contributed by atoms with Gasteiger partial charge in [-0.15, -0.1) is 0 Å². The van der Waals surface area contributed by atoms with Gasteiger partial charge in [-0.1, -0.05) is 26.0 Å². The number of sulfonamides is 1. The molecule has 0 bridgehead atoms. The number of aromatic nitrogens is 3. The molecule has 0 fully saturated rings. The van der Waals surface area contributed by atoms with E-state index in [1.165, 1.54) is 12.1 Å². The Balaban J connectivity index is 1.52. The van der Waals surface area contributed by atoms with E-state index < -0.39 is 22.0 Å². The van der Waals surface area contributed by atoms with Crippen LogP contribution in [0.4, 0.5) is 0 Å². The number of hydrogen-bond acceptors (Lipinski definition) is 9. The average molecular weight is 577 g/mol. The fourth-order valence-electron chi connectivity index (χ4n) is 4.03. The number of aryl methyl sites for hydroxylation is 1. The summed E-state index contributed by atoms with van der Waals surface area (Å²) < 4.78 is 50.0. The number of benzene rings is 1. The van der Waals surface area contributed by atoms with E-state index in [1.54, 1.807) is 18.3 Å². The first-order chi connectivity index (χ1) is 19.2. The molecule has 0 aliphatic heterocycles. The number of carbonyl (C=O) groups excluding carboxylic acids is 1. The van der Waals surface area contributed by atoms with Gasteiger partial charge in [0, 0.05) is 19.2 Å². The Morgan fingerprint density at radius 2 is 1.62 bits per heavy atom. The zero-order chi connectivity index (χ0) is 29.0. The molecule has 0 saturated heterocycles. The second kappa shape index (κ2) is 15.8. The van der Waals surface area contributed by atoms with Crippen molar-refractivity contribution in [2.24, 2.45) is 5.92 Å². The lowest BCUT2D eigenvalue weighted by molar-refractivity contribution is -0.147. The third-order valence-corrected chi connectivity index (χ3v) is 7.40. The van der Waals surface area contributed by atoms with E-state index in [4.69, 9.17) is 18.9 Å². The number of aromatic amines is 1. The van der Waals surface area contributed by atoms with Crippen LogP contribution in [0.25, 0.3) is 11.0 Å². The zero-order valence-corrected chi connectivity index (χ0v) is 24.5. The van der Waals surface area contributed by atoms with Gasteiger partial charge in [0.15, 0.2) is 0 Å². The number of nitrogens with zero attached hydrogens (tertiary/aromatic N) is 2. The van der Waals surface area contributed by atoms with Gasteiger partial charge in [-0.05, 0) is 49.9 Å². The second-order valence-electron chi connectivity index (χ2n) is 9.69. The molecule has 220 valence electrons. The molecule has 0 aliphatic carbocycles. The molecule has 2 N–H and O–H groups in total. The third-order valence-electron chi connectivity index (χ3n) is 5.92. The minimum absolute atomic E-state index is 0.0133. The number of hydrogen-bond donors (Lipinski definition) is 2. The number of imidazole rings is 1. The van der Waals surface area contributed by atoms with Crippen LogP contribution in [0.15, 0.2) is 41.4 Å².